The Labute approximate surface area is 160 Å². The molecule has 2 aromatic rings. The number of ether oxygens (including phenoxy) is 1. The zero-order valence-corrected chi connectivity index (χ0v) is 16.6. The normalized spacial score (nSPS) is 10.4. The minimum atomic E-state index is -0.388. The van der Waals surface area contributed by atoms with E-state index in [-0.39, 0.29) is 11.9 Å². The van der Waals surface area contributed by atoms with Crippen LogP contribution in [0.15, 0.2) is 46.9 Å². The summed E-state index contributed by atoms with van der Waals surface area (Å²) < 4.78 is 6.04. The lowest BCUT2D eigenvalue weighted by molar-refractivity contribution is -0.113. The van der Waals surface area contributed by atoms with Gasteiger partial charge in [0.05, 0.1) is 17.9 Å². The third-order valence-electron chi connectivity index (χ3n) is 3.47. The number of thioether (sulfide) groups is 1. The highest BCUT2D eigenvalue weighted by atomic mass is 79.9. The second-order valence-corrected chi connectivity index (χ2v) is 7.22. The molecule has 0 saturated heterocycles. The lowest BCUT2D eigenvalue weighted by Crippen LogP contribution is -2.16. The van der Waals surface area contributed by atoms with Crippen molar-refractivity contribution in [3.05, 3.63) is 63.6 Å². The van der Waals surface area contributed by atoms with Gasteiger partial charge in [0.2, 0.25) is 5.91 Å². The summed E-state index contributed by atoms with van der Waals surface area (Å²) in [6.45, 7) is 3.97. The van der Waals surface area contributed by atoms with Crippen LogP contribution in [-0.4, -0.2) is 24.2 Å². The minimum absolute atomic E-state index is 0.0961. The summed E-state index contributed by atoms with van der Waals surface area (Å²) in [6, 6.07) is 13.1. The summed E-state index contributed by atoms with van der Waals surface area (Å²) in [7, 11) is 0. The number of halogens is 1. The molecule has 0 spiro atoms. The van der Waals surface area contributed by atoms with E-state index >= 15 is 0 Å². The molecule has 1 N–H and O–H groups in total. The van der Waals surface area contributed by atoms with Crippen LogP contribution in [0.1, 0.15) is 28.4 Å². The standard InChI is InChI=1S/C19H20BrNO3S/c1-3-24-19(23)14-9-8-13(2)17(10-14)21-18(22)12-25-11-15-6-4-5-7-16(15)20/h4-10H,3,11-12H2,1-2H3,(H,21,22). The smallest absolute Gasteiger partial charge is 0.338 e. The van der Waals surface area contributed by atoms with E-state index in [0.29, 0.717) is 23.6 Å². The molecule has 0 radical (unpaired) electrons. The van der Waals surface area contributed by atoms with Crippen LogP contribution in [0.2, 0.25) is 0 Å². The van der Waals surface area contributed by atoms with Crippen molar-refractivity contribution in [1.29, 1.82) is 0 Å². The first kappa shape index (κ1) is 19.5. The Balaban J connectivity index is 1.92. The zero-order chi connectivity index (χ0) is 18.2. The molecule has 2 rings (SSSR count). The lowest BCUT2D eigenvalue weighted by atomic mass is 10.1. The van der Waals surface area contributed by atoms with Gasteiger partial charge in [0.25, 0.3) is 0 Å². The summed E-state index contributed by atoms with van der Waals surface area (Å²) in [5, 5.41) is 2.87. The predicted octanol–water partition coefficient (Wildman–Crippen LogP) is 4.81. The summed E-state index contributed by atoms with van der Waals surface area (Å²) in [6.07, 6.45) is 0. The van der Waals surface area contributed by atoms with Crippen molar-refractivity contribution < 1.29 is 14.3 Å². The topological polar surface area (TPSA) is 55.4 Å². The fourth-order valence-electron chi connectivity index (χ4n) is 2.15. The highest BCUT2D eigenvalue weighted by molar-refractivity contribution is 9.10. The Bertz CT molecular complexity index is 764. The molecule has 25 heavy (non-hydrogen) atoms. The number of carbonyl (C=O) groups excluding carboxylic acids is 2. The van der Waals surface area contributed by atoms with Crippen molar-refractivity contribution in [2.24, 2.45) is 0 Å². The molecule has 0 aliphatic rings. The van der Waals surface area contributed by atoms with E-state index in [1.54, 1.807) is 25.1 Å². The number of hydrogen-bond donors (Lipinski definition) is 1. The van der Waals surface area contributed by atoms with Crippen LogP contribution in [0.5, 0.6) is 0 Å². The molecule has 0 heterocycles. The number of anilines is 1. The van der Waals surface area contributed by atoms with Gasteiger partial charge in [-0.05, 0) is 43.2 Å². The van der Waals surface area contributed by atoms with Crippen molar-refractivity contribution in [3.8, 4) is 0 Å². The number of rotatable bonds is 7. The monoisotopic (exact) mass is 421 g/mol. The van der Waals surface area contributed by atoms with Gasteiger partial charge >= 0.3 is 5.97 Å². The van der Waals surface area contributed by atoms with Crippen LogP contribution in [-0.2, 0) is 15.3 Å². The van der Waals surface area contributed by atoms with E-state index in [4.69, 9.17) is 4.74 Å². The summed E-state index contributed by atoms with van der Waals surface area (Å²) >= 11 is 5.04. The Morgan fingerprint density at radius 1 is 1.20 bits per heavy atom. The molecule has 0 aliphatic carbocycles. The quantitative estimate of drug-likeness (QED) is 0.651. The van der Waals surface area contributed by atoms with Crippen molar-refractivity contribution in [3.63, 3.8) is 0 Å². The van der Waals surface area contributed by atoms with Crippen LogP contribution in [0.25, 0.3) is 0 Å². The maximum Gasteiger partial charge on any atom is 0.338 e. The van der Waals surface area contributed by atoms with Gasteiger partial charge in [-0.1, -0.05) is 40.2 Å². The van der Waals surface area contributed by atoms with Crippen LogP contribution < -0.4 is 5.32 Å². The first-order chi connectivity index (χ1) is 12.0. The molecule has 4 nitrogen and oxygen atoms in total. The zero-order valence-electron chi connectivity index (χ0n) is 14.2. The second-order valence-electron chi connectivity index (χ2n) is 5.38. The Morgan fingerprint density at radius 2 is 1.96 bits per heavy atom. The minimum Gasteiger partial charge on any atom is -0.462 e. The van der Waals surface area contributed by atoms with Gasteiger partial charge in [0.15, 0.2) is 0 Å². The molecule has 0 bridgehead atoms. The molecule has 0 unspecified atom stereocenters. The molecule has 0 saturated carbocycles. The number of carbonyl (C=O) groups is 2. The molecular weight excluding hydrogens is 402 g/mol. The maximum atomic E-state index is 12.2. The highest BCUT2D eigenvalue weighted by Crippen LogP contribution is 2.22. The molecule has 0 aromatic heterocycles. The Hall–Kier alpha value is -1.79. The first-order valence-corrected chi connectivity index (χ1v) is 9.84. The van der Waals surface area contributed by atoms with Gasteiger partial charge in [-0.3, -0.25) is 4.79 Å². The van der Waals surface area contributed by atoms with Gasteiger partial charge in [-0.15, -0.1) is 11.8 Å². The molecular formula is C19H20BrNO3S. The van der Waals surface area contributed by atoms with Gasteiger partial charge in [0.1, 0.15) is 0 Å². The molecule has 1 amide bonds. The molecule has 132 valence electrons. The number of nitrogens with one attached hydrogen (secondary N) is 1. The van der Waals surface area contributed by atoms with Gasteiger partial charge in [0, 0.05) is 15.9 Å². The van der Waals surface area contributed by atoms with Gasteiger partial charge < -0.3 is 10.1 Å². The van der Waals surface area contributed by atoms with Crippen LogP contribution in [0.4, 0.5) is 5.69 Å². The van der Waals surface area contributed by atoms with Gasteiger partial charge in [-0.2, -0.15) is 0 Å². The summed E-state index contributed by atoms with van der Waals surface area (Å²) in [4.78, 5) is 24.0. The number of benzene rings is 2. The first-order valence-electron chi connectivity index (χ1n) is 7.90. The summed E-state index contributed by atoms with van der Waals surface area (Å²) in [5.41, 5.74) is 3.12. The predicted molar refractivity (Wildman–Crippen MR) is 106 cm³/mol. The fraction of sp³-hybridized carbons (Fsp3) is 0.263. The van der Waals surface area contributed by atoms with Gasteiger partial charge in [-0.25, -0.2) is 4.79 Å². The maximum absolute atomic E-state index is 12.2. The van der Waals surface area contributed by atoms with E-state index in [2.05, 4.69) is 21.2 Å². The van der Waals surface area contributed by atoms with E-state index in [0.717, 1.165) is 21.4 Å². The lowest BCUT2D eigenvalue weighted by Gasteiger charge is -2.10. The largest absolute Gasteiger partial charge is 0.462 e. The van der Waals surface area contributed by atoms with Crippen molar-refractivity contribution in [1.82, 2.24) is 0 Å². The van der Waals surface area contributed by atoms with Crippen molar-refractivity contribution in [2.75, 3.05) is 17.7 Å². The van der Waals surface area contributed by atoms with Crippen molar-refractivity contribution in [2.45, 2.75) is 19.6 Å². The molecule has 2 aromatic carbocycles. The van der Waals surface area contributed by atoms with E-state index in [1.807, 2.05) is 31.2 Å². The second kappa shape index (κ2) is 9.63. The summed E-state index contributed by atoms with van der Waals surface area (Å²) in [5.74, 6) is 0.601. The number of esters is 1. The van der Waals surface area contributed by atoms with Crippen LogP contribution >= 0.6 is 27.7 Å². The van der Waals surface area contributed by atoms with E-state index in [1.165, 1.54) is 11.8 Å². The Morgan fingerprint density at radius 3 is 2.68 bits per heavy atom. The third kappa shape index (κ3) is 5.90. The average molecular weight is 422 g/mol. The number of aryl methyl sites for hydroxylation is 1. The Kier molecular flexibility index (Phi) is 7.52. The van der Waals surface area contributed by atoms with Crippen molar-refractivity contribution >= 4 is 45.3 Å². The average Bonchev–Trinajstić information content (AvgIpc) is 2.59. The molecule has 0 atom stereocenters. The molecule has 0 aliphatic heterocycles. The third-order valence-corrected chi connectivity index (χ3v) is 5.23. The molecule has 6 heteroatoms. The van der Waals surface area contributed by atoms with Crippen LogP contribution in [0.3, 0.4) is 0 Å². The van der Waals surface area contributed by atoms with Crippen LogP contribution in [0, 0.1) is 6.92 Å². The molecule has 0 fully saturated rings. The number of hydrogen-bond acceptors (Lipinski definition) is 4. The fourth-order valence-corrected chi connectivity index (χ4v) is 3.60. The number of amides is 1. The highest BCUT2D eigenvalue weighted by Gasteiger charge is 2.11. The van der Waals surface area contributed by atoms with E-state index in [9.17, 15) is 9.59 Å². The van der Waals surface area contributed by atoms with E-state index < -0.39 is 0 Å². The SMILES string of the molecule is CCOC(=O)c1ccc(C)c(NC(=O)CSCc2ccccc2Br)c1.